The fourth-order valence-corrected chi connectivity index (χ4v) is 7.45. The number of thiophene rings is 2. The molecule has 3 heteroatoms. The van der Waals surface area contributed by atoms with Gasteiger partial charge in [-0.15, -0.1) is 22.7 Å². The van der Waals surface area contributed by atoms with Crippen molar-refractivity contribution in [2.45, 2.75) is 41.5 Å². The average molecular weight is 543 g/mol. The molecule has 0 fully saturated rings. The maximum Gasteiger partial charge on any atom is 0.255 e. The van der Waals surface area contributed by atoms with Crippen LogP contribution in [0, 0.1) is 41.5 Å². The molecular weight excluding hydrogens is 507 g/mol. The summed E-state index contributed by atoms with van der Waals surface area (Å²) in [7, 11) is 0. The first-order valence-electron chi connectivity index (χ1n) is 13.5. The lowest BCUT2D eigenvalue weighted by Gasteiger charge is -2.23. The highest BCUT2D eigenvalue weighted by molar-refractivity contribution is 7.28. The molecule has 3 aromatic carbocycles. The molecule has 0 bridgehead atoms. The van der Waals surface area contributed by atoms with Gasteiger partial charge in [-0.2, -0.15) is 0 Å². The molecule has 0 aliphatic rings. The van der Waals surface area contributed by atoms with Crippen LogP contribution in [0.15, 0.2) is 78.2 Å². The number of benzene rings is 3. The number of hydrogen-bond donors (Lipinski definition) is 0. The maximum absolute atomic E-state index is 2.34. The van der Waals surface area contributed by atoms with Gasteiger partial charge in [0, 0.05) is 9.75 Å². The lowest BCUT2D eigenvalue weighted by molar-refractivity contribution is 1.34. The average Bonchev–Trinajstić information content (AvgIpc) is 3.57. The van der Waals surface area contributed by atoms with Gasteiger partial charge in [0.25, 0.3) is 6.71 Å². The molecule has 5 aromatic rings. The smallest absolute Gasteiger partial charge is 0.150 e. The maximum atomic E-state index is 2.34. The molecule has 0 nitrogen and oxygen atoms in total. The Morgan fingerprint density at radius 3 is 1.49 bits per heavy atom. The summed E-state index contributed by atoms with van der Waals surface area (Å²) in [6, 6.07) is 26.9. The Morgan fingerprint density at radius 2 is 1.03 bits per heavy atom. The van der Waals surface area contributed by atoms with Crippen LogP contribution in [0.4, 0.5) is 0 Å². The van der Waals surface area contributed by atoms with Crippen molar-refractivity contribution in [3.63, 3.8) is 0 Å². The Labute approximate surface area is 242 Å². The zero-order valence-corrected chi connectivity index (χ0v) is 25.3. The molecule has 0 atom stereocenters. The number of rotatable bonds is 7. The van der Waals surface area contributed by atoms with E-state index in [1.165, 1.54) is 70.0 Å². The van der Waals surface area contributed by atoms with Crippen LogP contribution in [0.3, 0.4) is 0 Å². The SMILES string of the molecule is Cc1cc(C)c(B(c2ccc(/C=C/c3ccc(/C=C/c4cccs4)cc3)s2)c2c(C)cc(C)cc2C)c(C)c1. The first-order valence-corrected chi connectivity index (χ1v) is 15.2. The topological polar surface area (TPSA) is 0 Å². The van der Waals surface area contributed by atoms with Crippen molar-refractivity contribution in [3.05, 3.63) is 132 Å². The summed E-state index contributed by atoms with van der Waals surface area (Å²) >= 11 is 3.67. The molecule has 2 heterocycles. The van der Waals surface area contributed by atoms with Gasteiger partial charge in [0.2, 0.25) is 0 Å². The third kappa shape index (κ3) is 6.27. The summed E-state index contributed by atoms with van der Waals surface area (Å²) in [4.78, 5) is 2.55. The van der Waals surface area contributed by atoms with Crippen LogP contribution in [0.2, 0.25) is 0 Å². The first-order chi connectivity index (χ1) is 18.8. The first kappa shape index (κ1) is 27.2. The predicted octanol–water partition coefficient (Wildman–Crippen LogP) is 8.52. The second-order valence-corrected chi connectivity index (χ2v) is 12.8. The van der Waals surface area contributed by atoms with Crippen LogP contribution in [-0.4, -0.2) is 6.71 Å². The molecule has 0 N–H and O–H groups in total. The van der Waals surface area contributed by atoms with Crippen molar-refractivity contribution >= 4 is 69.4 Å². The van der Waals surface area contributed by atoms with Crippen LogP contribution in [0.25, 0.3) is 24.3 Å². The van der Waals surface area contributed by atoms with E-state index in [1.54, 1.807) is 11.3 Å². The lowest BCUT2D eigenvalue weighted by Crippen LogP contribution is -2.54. The summed E-state index contributed by atoms with van der Waals surface area (Å²) in [6.45, 7) is 13.7. The highest BCUT2D eigenvalue weighted by atomic mass is 32.1. The monoisotopic (exact) mass is 542 g/mol. The van der Waals surface area contributed by atoms with Crippen molar-refractivity contribution in [2.24, 2.45) is 0 Å². The highest BCUT2D eigenvalue weighted by Crippen LogP contribution is 2.19. The second-order valence-electron chi connectivity index (χ2n) is 10.6. The third-order valence-corrected chi connectivity index (χ3v) is 9.30. The molecule has 2 aromatic heterocycles. The van der Waals surface area contributed by atoms with Gasteiger partial charge < -0.3 is 0 Å². The van der Waals surface area contributed by atoms with Crippen molar-refractivity contribution in [1.29, 1.82) is 0 Å². The molecule has 194 valence electrons. The van der Waals surface area contributed by atoms with E-state index in [1.807, 2.05) is 11.3 Å². The highest BCUT2D eigenvalue weighted by Gasteiger charge is 2.29. The Hall–Kier alpha value is -3.40. The standard InChI is InChI=1S/C36H35BS2/c1-24-20-26(3)35(27(4)21-24)37(36-28(5)22-25(2)23-29(36)6)34-18-17-33(39-34)16-14-31-11-9-30(10-12-31)13-15-32-8-7-19-38-32/h7-23H,1-6H3/b15-13+,16-14+. The molecule has 0 saturated carbocycles. The summed E-state index contributed by atoms with van der Waals surface area (Å²) < 4.78 is 1.40. The van der Waals surface area contributed by atoms with E-state index in [9.17, 15) is 0 Å². The lowest BCUT2D eigenvalue weighted by atomic mass is 9.37. The second kappa shape index (κ2) is 11.8. The molecule has 0 spiro atoms. The Balaban J connectivity index is 1.46. The molecule has 0 aliphatic heterocycles. The van der Waals surface area contributed by atoms with E-state index in [2.05, 4.69) is 144 Å². The third-order valence-electron chi connectivity index (χ3n) is 7.35. The minimum absolute atomic E-state index is 0.229. The van der Waals surface area contributed by atoms with Gasteiger partial charge in [-0.05, 0) is 87.1 Å². The van der Waals surface area contributed by atoms with E-state index in [0.717, 1.165) is 0 Å². The van der Waals surface area contributed by atoms with Crippen molar-refractivity contribution in [1.82, 2.24) is 0 Å². The van der Waals surface area contributed by atoms with Gasteiger partial charge >= 0.3 is 0 Å². The quantitative estimate of drug-likeness (QED) is 0.181. The van der Waals surface area contributed by atoms with Crippen molar-refractivity contribution in [2.75, 3.05) is 0 Å². The number of aryl methyl sites for hydroxylation is 6. The minimum Gasteiger partial charge on any atom is -0.150 e. The van der Waals surface area contributed by atoms with Crippen molar-refractivity contribution in [3.8, 4) is 0 Å². The van der Waals surface area contributed by atoms with Crippen LogP contribution < -0.4 is 15.7 Å². The summed E-state index contributed by atoms with van der Waals surface area (Å²) in [5.41, 5.74) is 13.5. The molecule has 39 heavy (non-hydrogen) atoms. The molecule has 0 radical (unpaired) electrons. The van der Waals surface area contributed by atoms with E-state index in [4.69, 9.17) is 0 Å². The van der Waals surface area contributed by atoms with Gasteiger partial charge in [0.05, 0.1) is 0 Å². The van der Waals surface area contributed by atoms with E-state index in [0.29, 0.717) is 0 Å². The Morgan fingerprint density at radius 1 is 0.538 bits per heavy atom. The van der Waals surface area contributed by atoms with E-state index >= 15 is 0 Å². The predicted molar refractivity (Wildman–Crippen MR) is 179 cm³/mol. The Kier molecular flexibility index (Phi) is 8.21. The van der Waals surface area contributed by atoms with E-state index < -0.39 is 0 Å². The van der Waals surface area contributed by atoms with Gasteiger partial charge in [-0.1, -0.05) is 117 Å². The van der Waals surface area contributed by atoms with Crippen LogP contribution in [0.1, 0.15) is 54.3 Å². The Bertz CT molecular complexity index is 1540. The van der Waals surface area contributed by atoms with Gasteiger partial charge in [-0.25, -0.2) is 0 Å². The number of hydrogen-bond acceptors (Lipinski definition) is 2. The minimum atomic E-state index is 0.229. The van der Waals surface area contributed by atoms with Crippen LogP contribution in [-0.2, 0) is 0 Å². The fourth-order valence-electron chi connectivity index (χ4n) is 5.80. The zero-order chi connectivity index (χ0) is 27.5. The molecule has 0 aliphatic carbocycles. The molecule has 0 saturated heterocycles. The molecule has 5 rings (SSSR count). The summed E-state index contributed by atoms with van der Waals surface area (Å²) in [5.74, 6) is 0. The fraction of sp³-hybridized carbons (Fsp3) is 0.167. The van der Waals surface area contributed by atoms with Crippen LogP contribution in [0.5, 0.6) is 0 Å². The molecular formula is C36H35BS2. The van der Waals surface area contributed by atoms with E-state index in [-0.39, 0.29) is 6.71 Å². The van der Waals surface area contributed by atoms with Gasteiger partial charge in [0.1, 0.15) is 0 Å². The van der Waals surface area contributed by atoms with Crippen molar-refractivity contribution < 1.29 is 0 Å². The van der Waals surface area contributed by atoms with Crippen LogP contribution >= 0.6 is 22.7 Å². The summed E-state index contributed by atoms with van der Waals surface area (Å²) in [6.07, 6.45) is 8.83. The zero-order valence-electron chi connectivity index (χ0n) is 23.7. The molecule has 0 amide bonds. The molecule has 0 unspecified atom stereocenters. The van der Waals surface area contributed by atoms with Gasteiger partial charge in [-0.3, -0.25) is 0 Å². The largest absolute Gasteiger partial charge is 0.255 e. The normalized spacial score (nSPS) is 11.6. The van der Waals surface area contributed by atoms with Gasteiger partial charge in [0.15, 0.2) is 0 Å². The summed E-state index contributed by atoms with van der Waals surface area (Å²) in [5, 5.41) is 2.11.